The minimum absolute atomic E-state index is 0.519. The standard InChI is InChI=1S/C23H18BrN7O/c1-32-17-7-5-15(6-8-17)13-31-14-27-20-22(28-16-9-11-26-19(24)12-16)29-21(30-23(20)31)18-4-2-3-10-25-18/h2-12,14H,13H2,1H3,(H,26,28,29,30). The van der Waals surface area contributed by atoms with Crippen molar-refractivity contribution in [1.29, 1.82) is 0 Å². The molecule has 1 aromatic carbocycles. The van der Waals surface area contributed by atoms with Crippen LogP contribution in [0.1, 0.15) is 5.56 Å². The number of pyridine rings is 2. The van der Waals surface area contributed by atoms with E-state index >= 15 is 0 Å². The van der Waals surface area contributed by atoms with Crippen molar-refractivity contribution in [2.24, 2.45) is 0 Å². The molecule has 9 heteroatoms. The number of imidazole rings is 1. The van der Waals surface area contributed by atoms with Crippen molar-refractivity contribution in [1.82, 2.24) is 29.5 Å². The maximum Gasteiger partial charge on any atom is 0.182 e. The number of nitrogens with zero attached hydrogens (tertiary/aromatic N) is 6. The van der Waals surface area contributed by atoms with Gasteiger partial charge in [-0.15, -0.1) is 0 Å². The number of hydrogen-bond acceptors (Lipinski definition) is 7. The van der Waals surface area contributed by atoms with Crippen LogP contribution in [0.25, 0.3) is 22.7 Å². The Morgan fingerprint density at radius 1 is 0.969 bits per heavy atom. The molecule has 8 nitrogen and oxygen atoms in total. The molecule has 4 aromatic heterocycles. The highest BCUT2D eigenvalue weighted by atomic mass is 79.9. The molecule has 0 saturated heterocycles. The number of rotatable bonds is 6. The Morgan fingerprint density at radius 2 is 1.84 bits per heavy atom. The first-order chi connectivity index (χ1) is 15.7. The lowest BCUT2D eigenvalue weighted by Gasteiger charge is -2.10. The van der Waals surface area contributed by atoms with E-state index in [9.17, 15) is 0 Å². The third-order valence-corrected chi connectivity index (χ3v) is 5.29. The molecular weight excluding hydrogens is 470 g/mol. The molecular formula is C23H18BrN7O. The molecule has 5 aromatic rings. The second-order valence-corrected chi connectivity index (χ2v) is 7.81. The number of nitrogens with one attached hydrogen (secondary N) is 1. The predicted molar refractivity (Wildman–Crippen MR) is 126 cm³/mol. The molecule has 0 amide bonds. The summed E-state index contributed by atoms with van der Waals surface area (Å²) in [5.74, 6) is 1.94. The molecule has 158 valence electrons. The molecule has 0 fully saturated rings. The van der Waals surface area contributed by atoms with Gasteiger partial charge in [-0.2, -0.15) is 0 Å². The van der Waals surface area contributed by atoms with Crippen molar-refractivity contribution in [3.63, 3.8) is 0 Å². The SMILES string of the molecule is COc1ccc(Cn2cnc3c(Nc4ccnc(Br)c4)nc(-c4ccccn4)nc32)cc1. The number of ether oxygens (including phenoxy) is 1. The molecule has 0 aliphatic rings. The molecule has 32 heavy (non-hydrogen) atoms. The van der Waals surface area contributed by atoms with E-state index < -0.39 is 0 Å². The number of halogens is 1. The van der Waals surface area contributed by atoms with Crippen LogP contribution in [0.5, 0.6) is 5.75 Å². The third kappa shape index (κ3) is 4.15. The molecule has 0 atom stereocenters. The highest BCUT2D eigenvalue weighted by Crippen LogP contribution is 2.27. The zero-order valence-electron chi connectivity index (χ0n) is 17.1. The number of anilines is 2. The Bertz CT molecular complexity index is 1370. The van der Waals surface area contributed by atoms with E-state index in [2.05, 4.69) is 36.2 Å². The fraction of sp³-hybridized carbons (Fsp3) is 0.0870. The van der Waals surface area contributed by atoms with Crippen LogP contribution in [0.4, 0.5) is 11.5 Å². The van der Waals surface area contributed by atoms with Gasteiger partial charge in [0.25, 0.3) is 0 Å². The maximum absolute atomic E-state index is 5.26. The normalized spacial score (nSPS) is 10.9. The molecule has 0 aliphatic heterocycles. The molecule has 5 rings (SSSR count). The van der Waals surface area contributed by atoms with Gasteiger partial charge in [-0.25, -0.2) is 19.9 Å². The molecule has 0 spiro atoms. The summed E-state index contributed by atoms with van der Waals surface area (Å²) in [6.07, 6.45) is 5.22. The average Bonchev–Trinajstić information content (AvgIpc) is 3.23. The number of benzene rings is 1. The zero-order chi connectivity index (χ0) is 21.9. The predicted octanol–water partition coefficient (Wildman–Crippen LogP) is 4.85. The monoisotopic (exact) mass is 487 g/mol. The van der Waals surface area contributed by atoms with Crippen LogP contribution in [-0.4, -0.2) is 36.6 Å². The van der Waals surface area contributed by atoms with Crippen LogP contribution in [-0.2, 0) is 6.54 Å². The Hall–Kier alpha value is -3.85. The van der Waals surface area contributed by atoms with Gasteiger partial charge < -0.3 is 14.6 Å². The molecule has 0 aliphatic carbocycles. The Balaban J connectivity index is 1.60. The van der Waals surface area contributed by atoms with Crippen LogP contribution in [0, 0.1) is 0 Å². The molecule has 4 heterocycles. The lowest BCUT2D eigenvalue weighted by molar-refractivity contribution is 0.414. The van der Waals surface area contributed by atoms with E-state index in [1.54, 1.807) is 25.8 Å². The van der Waals surface area contributed by atoms with E-state index in [1.807, 2.05) is 59.2 Å². The van der Waals surface area contributed by atoms with Gasteiger partial charge in [-0.3, -0.25) is 4.98 Å². The molecule has 0 bridgehead atoms. The van der Waals surface area contributed by atoms with Crippen LogP contribution in [0.15, 0.2) is 77.9 Å². The number of fused-ring (bicyclic) bond motifs is 1. The fourth-order valence-electron chi connectivity index (χ4n) is 3.30. The molecule has 1 N–H and O–H groups in total. The maximum atomic E-state index is 5.26. The summed E-state index contributed by atoms with van der Waals surface area (Å²) in [5.41, 5.74) is 4.02. The van der Waals surface area contributed by atoms with Crippen molar-refractivity contribution in [3.05, 3.63) is 83.5 Å². The summed E-state index contributed by atoms with van der Waals surface area (Å²) in [7, 11) is 1.66. The van der Waals surface area contributed by atoms with Crippen molar-refractivity contribution in [2.45, 2.75) is 6.54 Å². The first-order valence-corrected chi connectivity index (χ1v) is 10.6. The Morgan fingerprint density at radius 3 is 2.59 bits per heavy atom. The van der Waals surface area contributed by atoms with Crippen molar-refractivity contribution >= 4 is 38.6 Å². The van der Waals surface area contributed by atoms with Crippen LogP contribution >= 0.6 is 15.9 Å². The van der Waals surface area contributed by atoms with Gasteiger partial charge in [0.15, 0.2) is 22.8 Å². The van der Waals surface area contributed by atoms with E-state index in [1.165, 1.54) is 0 Å². The number of hydrogen-bond donors (Lipinski definition) is 1. The zero-order valence-corrected chi connectivity index (χ0v) is 18.7. The van der Waals surface area contributed by atoms with E-state index in [4.69, 9.17) is 14.7 Å². The summed E-state index contributed by atoms with van der Waals surface area (Å²) in [6, 6.07) is 17.3. The van der Waals surface area contributed by atoms with Gasteiger partial charge in [-0.05, 0) is 57.9 Å². The lowest BCUT2D eigenvalue weighted by atomic mass is 10.2. The summed E-state index contributed by atoms with van der Waals surface area (Å²) in [4.78, 5) is 22.7. The van der Waals surface area contributed by atoms with Gasteiger partial charge in [-0.1, -0.05) is 18.2 Å². The second-order valence-electron chi connectivity index (χ2n) is 7.00. The quantitative estimate of drug-likeness (QED) is 0.342. The smallest absolute Gasteiger partial charge is 0.182 e. The highest BCUT2D eigenvalue weighted by Gasteiger charge is 2.16. The fourth-order valence-corrected chi connectivity index (χ4v) is 3.67. The summed E-state index contributed by atoms with van der Waals surface area (Å²) >= 11 is 3.41. The minimum atomic E-state index is 0.519. The highest BCUT2D eigenvalue weighted by molar-refractivity contribution is 9.10. The Kier molecular flexibility index (Phi) is 5.47. The van der Waals surface area contributed by atoms with Crippen LogP contribution < -0.4 is 10.1 Å². The van der Waals surface area contributed by atoms with Crippen molar-refractivity contribution in [2.75, 3.05) is 12.4 Å². The van der Waals surface area contributed by atoms with Gasteiger partial charge in [0.1, 0.15) is 16.0 Å². The molecule has 0 saturated carbocycles. The Labute approximate surface area is 192 Å². The molecule has 0 unspecified atom stereocenters. The van der Waals surface area contributed by atoms with Gasteiger partial charge in [0.2, 0.25) is 0 Å². The summed E-state index contributed by atoms with van der Waals surface area (Å²) in [6.45, 7) is 0.611. The minimum Gasteiger partial charge on any atom is -0.497 e. The summed E-state index contributed by atoms with van der Waals surface area (Å²) in [5, 5.41) is 3.35. The van der Waals surface area contributed by atoms with E-state index in [-0.39, 0.29) is 0 Å². The number of methoxy groups -OCH3 is 1. The van der Waals surface area contributed by atoms with Crippen molar-refractivity contribution in [3.8, 4) is 17.3 Å². The topological polar surface area (TPSA) is 90.6 Å². The van der Waals surface area contributed by atoms with Crippen LogP contribution in [0.2, 0.25) is 0 Å². The summed E-state index contributed by atoms with van der Waals surface area (Å²) < 4.78 is 7.98. The molecule has 0 radical (unpaired) electrons. The number of aromatic nitrogens is 6. The van der Waals surface area contributed by atoms with Crippen molar-refractivity contribution < 1.29 is 4.74 Å². The van der Waals surface area contributed by atoms with Gasteiger partial charge in [0.05, 0.1) is 20.0 Å². The van der Waals surface area contributed by atoms with E-state index in [0.29, 0.717) is 35.0 Å². The third-order valence-electron chi connectivity index (χ3n) is 4.86. The van der Waals surface area contributed by atoms with Gasteiger partial charge in [0, 0.05) is 18.1 Å². The van der Waals surface area contributed by atoms with E-state index in [0.717, 1.165) is 21.6 Å². The average molecular weight is 488 g/mol. The first kappa shape index (κ1) is 20.1. The van der Waals surface area contributed by atoms with Gasteiger partial charge >= 0.3 is 0 Å². The first-order valence-electron chi connectivity index (χ1n) is 9.85. The second kappa shape index (κ2) is 8.72. The lowest BCUT2D eigenvalue weighted by Crippen LogP contribution is -2.04. The largest absolute Gasteiger partial charge is 0.497 e. The van der Waals surface area contributed by atoms with Crippen LogP contribution in [0.3, 0.4) is 0 Å².